The lowest BCUT2D eigenvalue weighted by Crippen LogP contribution is -2.17. The molecule has 0 saturated carbocycles. The van der Waals surface area contributed by atoms with Gasteiger partial charge in [-0.15, -0.1) is 0 Å². The van der Waals surface area contributed by atoms with E-state index in [1.807, 2.05) is 36.4 Å². The zero-order valence-electron chi connectivity index (χ0n) is 16.6. The van der Waals surface area contributed by atoms with E-state index in [9.17, 15) is 0 Å². The van der Waals surface area contributed by atoms with Crippen LogP contribution >= 0.6 is 27.5 Å². The lowest BCUT2D eigenvalue weighted by Gasteiger charge is -2.15. The first-order chi connectivity index (χ1) is 13.7. The molecule has 0 aromatic heterocycles. The van der Waals surface area contributed by atoms with E-state index in [0.29, 0.717) is 23.1 Å². The molecule has 0 spiro atoms. The van der Waals surface area contributed by atoms with Gasteiger partial charge in [0.1, 0.15) is 6.61 Å². The summed E-state index contributed by atoms with van der Waals surface area (Å²) < 4.78 is 18.0. The van der Waals surface area contributed by atoms with Gasteiger partial charge in [0, 0.05) is 34.8 Å². The molecule has 0 fully saturated rings. The monoisotopic (exact) mass is 469 g/mol. The fourth-order valence-corrected chi connectivity index (χ4v) is 3.28. The zero-order valence-corrected chi connectivity index (χ0v) is 18.9. The summed E-state index contributed by atoms with van der Waals surface area (Å²) in [4.78, 5) is 0. The summed E-state index contributed by atoms with van der Waals surface area (Å²) in [7, 11) is 1.65. The van der Waals surface area contributed by atoms with Crippen molar-refractivity contribution in [2.45, 2.75) is 39.3 Å². The van der Waals surface area contributed by atoms with E-state index < -0.39 is 0 Å². The van der Waals surface area contributed by atoms with Crippen molar-refractivity contribution in [2.75, 3.05) is 26.9 Å². The number of rotatable bonds is 13. The Morgan fingerprint density at radius 2 is 1.82 bits per heavy atom. The normalized spacial score (nSPS) is 10.9. The standard InChI is InChI=1S/C22H29BrClNO3/c1-3-4-11-27-12-7-10-25-15-18-13-21(26-2)22(14-19(18)23)28-16-17-8-5-6-9-20(17)24/h5-6,8-9,13-14,25H,3-4,7,10-12,15-16H2,1-2H3. The molecule has 0 unspecified atom stereocenters. The molecule has 0 aliphatic rings. The molecule has 0 amide bonds. The van der Waals surface area contributed by atoms with E-state index in [2.05, 4.69) is 28.2 Å². The van der Waals surface area contributed by atoms with E-state index in [4.69, 9.17) is 25.8 Å². The van der Waals surface area contributed by atoms with E-state index in [0.717, 1.165) is 54.7 Å². The van der Waals surface area contributed by atoms with Gasteiger partial charge in [0.15, 0.2) is 11.5 Å². The van der Waals surface area contributed by atoms with Gasteiger partial charge < -0.3 is 19.5 Å². The van der Waals surface area contributed by atoms with Gasteiger partial charge in [0.2, 0.25) is 0 Å². The maximum absolute atomic E-state index is 6.20. The number of halogens is 2. The highest BCUT2D eigenvalue weighted by Crippen LogP contribution is 2.34. The first kappa shape index (κ1) is 23.0. The summed E-state index contributed by atoms with van der Waals surface area (Å²) in [6.45, 7) is 5.87. The molecule has 0 saturated heterocycles. The Kier molecular flexibility index (Phi) is 10.7. The van der Waals surface area contributed by atoms with E-state index in [1.165, 1.54) is 6.42 Å². The van der Waals surface area contributed by atoms with Gasteiger partial charge in [-0.25, -0.2) is 0 Å². The summed E-state index contributed by atoms with van der Waals surface area (Å²) in [6.07, 6.45) is 3.30. The van der Waals surface area contributed by atoms with Crippen LogP contribution in [-0.4, -0.2) is 26.9 Å². The molecule has 0 heterocycles. The third kappa shape index (κ3) is 7.63. The SMILES string of the molecule is CCCCOCCCNCc1cc(OC)c(OCc2ccccc2Cl)cc1Br. The van der Waals surface area contributed by atoms with E-state index in [-0.39, 0.29) is 0 Å². The maximum atomic E-state index is 6.20. The Labute approximate surface area is 181 Å². The summed E-state index contributed by atoms with van der Waals surface area (Å²) in [5.41, 5.74) is 2.06. The lowest BCUT2D eigenvalue weighted by atomic mass is 10.2. The minimum absolute atomic E-state index is 0.387. The van der Waals surface area contributed by atoms with Gasteiger partial charge in [0.05, 0.1) is 7.11 Å². The van der Waals surface area contributed by atoms with Crippen LogP contribution in [0, 0.1) is 0 Å². The van der Waals surface area contributed by atoms with Crippen molar-refractivity contribution >= 4 is 27.5 Å². The third-order valence-electron chi connectivity index (χ3n) is 4.27. The largest absolute Gasteiger partial charge is 0.493 e. The molecule has 0 radical (unpaired) electrons. The van der Waals surface area contributed by atoms with Crippen LogP contribution < -0.4 is 14.8 Å². The van der Waals surface area contributed by atoms with Crippen molar-refractivity contribution in [1.82, 2.24) is 5.32 Å². The third-order valence-corrected chi connectivity index (χ3v) is 5.38. The molecule has 0 bridgehead atoms. The van der Waals surface area contributed by atoms with Crippen LogP contribution in [0.25, 0.3) is 0 Å². The first-order valence-corrected chi connectivity index (χ1v) is 10.8. The lowest BCUT2D eigenvalue weighted by molar-refractivity contribution is 0.128. The number of hydrogen-bond donors (Lipinski definition) is 1. The highest BCUT2D eigenvalue weighted by Gasteiger charge is 2.11. The molecule has 6 heteroatoms. The van der Waals surface area contributed by atoms with Gasteiger partial charge in [-0.1, -0.05) is 59.1 Å². The van der Waals surface area contributed by atoms with Crippen molar-refractivity contribution < 1.29 is 14.2 Å². The number of methoxy groups -OCH3 is 1. The van der Waals surface area contributed by atoms with Gasteiger partial charge in [-0.3, -0.25) is 0 Å². The summed E-state index contributed by atoms with van der Waals surface area (Å²) >= 11 is 9.84. The number of hydrogen-bond acceptors (Lipinski definition) is 4. The van der Waals surface area contributed by atoms with Crippen LogP contribution in [-0.2, 0) is 17.9 Å². The second kappa shape index (κ2) is 13.0. The predicted octanol–water partition coefficient (Wildman–Crippen LogP) is 5.99. The van der Waals surface area contributed by atoms with Gasteiger partial charge in [-0.05, 0) is 43.1 Å². The van der Waals surface area contributed by atoms with E-state index >= 15 is 0 Å². The van der Waals surface area contributed by atoms with Crippen LogP contribution in [0.4, 0.5) is 0 Å². The molecule has 154 valence electrons. The summed E-state index contributed by atoms with van der Waals surface area (Å²) in [5, 5.41) is 4.14. The Hall–Kier alpha value is -1.27. The predicted molar refractivity (Wildman–Crippen MR) is 119 cm³/mol. The second-order valence-electron chi connectivity index (χ2n) is 6.47. The van der Waals surface area contributed by atoms with Gasteiger partial charge >= 0.3 is 0 Å². The van der Waals surface area contributed by atoms with Crippen LogP contribution in [0.2, 0.25) is 5.02 Å². The molecule has 0 aliphatic heterocycles. The second-order valence-corrected chi connectivity index (χ2v) is 7.73. The highest BCUT2D eigenvalue weighted by molar-refractivity contribution is 9.10. The molecular weight excluding hydrogens is 442 g/mol. The molecule has 2 aromatic rings. The molecule has 4 nitrogen and oxygen atoms in total. The summed E-state index contributed by atoms with van der Waals surface area (Å²) in [5.74, 6) is 1.39. The number of nitrogens with one attached hydrogen (secondary N) is 1. The van der Waals surface area contributed by atoms with Crippen LogP contribution in [0.1, 0.15) is 37.3 Å². The minimum Gasteiger partial charge on any atom is -0.493 e. The number of unbranched alkanes of at least 4 members (excludes halogenated alkanes) is 1. The average molecular weight is 471 g/mol. The smallest absolute Gasteiger partial charge is 0.162 e. The number of benzene rings is 2. The molecule has 0 aliphatic carbocycles. The fourth-order valence-electron chi connectivity index (χ4n) is 2.63. The molecular formula is C22H29BrClNO3. The van der Waals surface area contributed by atoms with Crippen molar-refractivity contribution in [3.05, 3.63) is 57.0 Å². The Bertz CT molecular complexity index is 727. The van der Waals surface area contributed by atoms with Crippen LogP contribution in [0.3, 0.4) is 0 Å². The summed E-state index contributed by atoms with van der Waals surface area (Å²) in [6, 6.07) is 11.6. The Balaban J connectivity index is 1.85. The van der Waals surface area contributed by atoms with Crippen LogP contribution in [0.5, 0.6) is 11.5 Å². The van der Waals surface area contributed by atoms with E-state index in [1.54, 1.807) is 7.11 Å². The molecule has 1 N–H and O–H groups in total. The van der Waals surface area contributed by atoms with Crippen molar-refractivity contribution in [3.8, 4) is 11.5 Å². The Morgan fingerprint density at radius 3 is 2.57 bits per heavy atom. The Morgan fingerprint density at radius 1 is 1.04 bits per heavy atom. The first-order valence-electron chi connectivity index (χ1n) is 9.66. The van der Waals surface area contributed by atoms with Crippen LogP contribution in [0.15, 0.2) is 40.9 Å². The highest BCUT2D eigenvalue weighted by atomic mass is 79.9. The minimum atomic E-state index is 0.387. The molecule has 0 atom stereocenters. The molecule has 2 aromatic carbocycles. The fraction of sp³-hybridized carbons (Fsp3) is 0.455. The molecule has 2 rings (SSSR count). The van der Waals surface area contributed by atoms with Gasteiger partial charge in [0.25, 0.3) is 0 Å². The van der Waals surface area contributed by atoms with Crippen molar-refractivity contribution in [1.29, 1.82) is 0 Å². The number of ether oxygens (including phenoxy) is 3. The maximum Gasteiger partial charge on any atom is 0.162 e. The molecule has 28 heavy (non-hydrogen) atoms. The topological polar surface area (TPSA) is 39.7 Å². The quantitative estimate of drug-likeness (QED) is 0.365. The van der Waals surface area contributed by atoms with Crippen molar-refractivity contribution in [3.63, 3.8) is 0 Å². The average Bonchev–Trinajstić information content (AvgIpc) is 2.70. The van der Waals surface area contributed by atoms with Gasteiger partial charge in [-0.2, -0.15) is 0 Å². The van der Waals surface area contributed by atoms with Crippen molar-refractivity contribution in [2.24, 2.45) is 0 Å². The zero-order chi connectivity index (χ0) is 20.2.